The lowest BCUT2D eigenvalue weighted by atomic mass is 10.3. The van der Waals surface area contributed by atoms with Crippen molar-refractivity contribution in [3.8, 4) is 0 Å². The fraction of sp³-hybridized carbons (Fsp3) is 0.941. The van der Waals surface area contributed by atoms with Crippen molar-refractivity contribution in [2.24, 2.45) is 0 Å². The first-order valence-electron chi connectivity index (χ1n) is 8.56. The fourth-order valence-corrected chi connectivity index (χ4v) is 1.47. The third-order valence-corrected chi connectivity index (χ3v) is 2.81. The lowest BCUT2D eigenvalue weighted by Gasteiger charge is -2.23. The summed E-state index contributed by atoms with van der Waals surface area (Å²) < 4.78 is 21.2. The van der Waals surface area contributed by atoms with Crippen LogP contribution in [0.2, 0.25) is 0 Å². The summed E-state index contributed by atoms with van der Waals surface area (Å²) in [6.45, 7) is 6.65. The number of carboxylic acids is 1. The molecule has 0 saturated carbocycles. The smallest absolute Gasteiger partial charge is 0.0780 e. The van der Waals surface area contributed by atoms with Gasteiger partial charge in [0, 0.05) is 19.5 Å². The summed E-state index contributed by atoms with van der Waals surface area (Å²) in [5.74, 6) is -1.10. The number of hydrogen-bond acceptors (Lipinski definition) is 6. The van der Waals surface area contributed by atoms with Crippen LogP contribution in [0.4, 0.5) is 0 Å². The second-order valence-electron chi connectivity index (χ2n) is 6.32. The molecule has 0 unspecified atom stereocenters. The van der Waals surface area contributed by atoms with Gasteiger partial charge in [-0.05, 0) is 6.42 Å². The summed E-state index contributed by atoms with van der Waals surface area (Å²) in [6.07, 6.45) is 2.58. The highest BCUT2D eigenvalue weighted by Crippen LogP contribution is 1.95. The van der Waals surface area contributed by atoms with Gasteiger partial charge in [0.05, 0.1) is 73.9 Å². The van der Waals surface area contributed by atoms with E-state index in [9.17, 15) is 9.90 Å². The Kier molecular flexibility index (Phi) is 19.8. The quantitative estimate of drug-likeness (QED) is 0.312. The lowest BCUT2D eigenvalue weighted by molar-refractivity contribution is -0.870. The summed E-state index contributed by atoms with van der Waals surface area (Å²) in [7, 11) is 8.31. The number of carbonyl (C=O) groups is 1. The molecule has 0 fully saturated rings. The molecule has 24 heavy (non-hydrogen) atoms. The van der Waals surface area contributed by atoms with Gasteiger partial charge in [-0.15, -0.1) is 0 Å². The molecule has 0 spiro atoms. The van der Waals surface area contributed by atoms with Crippen molar-refractivity contribution in [3.05, 3.63) is 0 Å². The normalized spacial score (nSPS) is 11.0. The van der Waals surface area contributed by atoms with Gasteiger partial charge in [0.15, 0.2) is 0 Å². The number of quaternary nitrogens is 1. The van der Waals surface area contributed by atoms with E-state index in [1.54, 1.807) is 7.11 Å². The van der Waals surface area contributed by atoms with E-state index in [1.165, 1.54) is 19.4 Å². The Balaban J connectivity index is 0. The van der Waals surface area contributed by atoms with E-state index >= 15 is 0 Å². The molecule has 0 N–H and O–H groups in total. The first kappa shape index (κ1) is 25.5. The molecular formula is C17H37NO6. The van der Waals surface area contributed by atoms with Crippen molar-refractivity contribution in [3.63, 3.8) is 0 Å². The second kappa shape index (κ2) is 18.6. The maximum absolute atomic E-state index is 10.0. The zero-order chi connectivity index (χ0) is 18.7. The van der Waals surface area contributed by atoms with Crippen LogP contribution in [0.3, 0.4) is 0 Å². The molecule has 0 saturated heterocycles. The predicted molar refractivity (Wildman–Crippen MR) is 91.8 cm³/mol. The van der Waals surface area contributed by atoms with Crippen LogP contribution in [0.5, 0.6) is 0 Å². The average molecular weight is 351 g/mol. The number of carboxylic acid groups (broad SMARTS) is 1. The molecule has 0 aliphatic carbocycles. The zero-order valence-corrected chi connectivity index (χ0v) is 16.2. The number of aliphatic carboxylic acids is 1. The molecule has 0 heterocycles. The highest BCUT2D eigenvalue weighted by atomic mass is 16.6. The third kappa shape index (κ3) is 29.3. The number of methoxy groups -OCH3 is 1. The van der Waals surface area contributed by atoms with E-state index < -0.39 is 5.97 Å². The highest BCUT2D eigenvalue weighted by Gasteiger charge is 2.03. The molecule has 7 heteroatoms. The Morgan fingerprint density at radius 3 is 1.67 bits per heavy atom. The van der Waals surface area contributed by atoms with Crippen molar-refractivity contribution < 1.29 is 33.3 Å². The van der Waals surface area contributed by atoms with Crippen LogP contribution in [-0.4, -0.2) is 91.5 Å². The van der Waals surface area contributed by atoms with Crippen LogP contribution in [0, 0.1) is 0 Å². The van der Waals surface area contributed by atoms with E-state index in [1.807, 2.05) is 0 Å². The summed E-state index contributed by atoms with van der Waals surface area (Å²) in [6, 6.07) is 0. The van der Waals surface area contributed by atoms with Gasteiger partial charge in [-0.1, -0.05) is 13.3 Å². The number of rotatable bonds is 15. The van der Waals surface area contributed by atoms with Gasteiger partial charge in [-0.2, -0.15) is 0 Å². The molecule has 0 atom stereocenters. The highest BCUT2D eigenvalue weighted by molar-refractivity contribution is 5.64. The van der Waals surface area contributed by atoms with E-state index in [4.69, 9.17) is 18.9 Å². The first-order chi connectivity index (χ1) is 11.3. The number of unbranched alkanes of at least 4 members (excludes halogenated alkanes) is 1. The van der Waals surface area contributed by atoms with E-state index in [-0.39, 0.29) is 13.0 Å². The number of nitrogens with zero attached hydrogens (tertiary/aromatic N) is 1. The van der Waals surface area contributed by atoms with Gasteiger partial charge in [0.2, 0.25) is 0 Å². The SMILES string of the molecule is CCCC[N+](C)(C)C.COCCOCCOCCOCCC(=O)[O-]. The average Bonchev–Trinajstić information content (AvgIpc) is 2.50. The molecule has 0 amide bonds. The Morgan fingerprint density at radius 1 is 0.875 bits per heavy atom. The third-order valence-electron chi connectivity index (χ3n) is 2.81. The van der Waals surface area contributed by atoms with Crippen molar-refractivity contribution in [2.45, 2.75) is 26.2 Å². The van der Waals surface area contributed by atoms with Crippen LogP contribution in [0.25, 0.3) is 0 Å². The Labute approximate surface area is 147 Å². The Morgan fingerprint density at radius 2 is 1.33 bits per heavy atom. The van der Waals surface area contributed by atoms with Crippen molar-refractivity contribution in [1.29, 1.82) is 0 Å². The number of hydrogen-bond donors (Lipinski definition) is 0. The number of ether oxygens (including phenoxy) is 4. The minimum atomic E-state index is -1.10. The maximum Gasteiger partial charge on any atom is 0.0780 e. The molecule has 0 rings (SSSR count). The summed E-state index contributed by atoms with van der Waals surface area (Å²) in [4.78, 5) is 10.0. The monoisotopic (exact) mass is 351 g/mol. The van der Waals surface area contributed by atoms with Crippen molar-refractivity contribution >= 4 is 5.97 Å². The molecule has 0 aromatic carbocycles. The zero-order valence-electron chi connectivity index (χ0n) is 16.2. The van der Waals surface area contributed by atoms with Crippen LogP contribution < -0.4 is 5.11 Å². The van der Waals surface area contributed by atoms with Crippen LogP contribution >= 0.6 is 0 Å². The Hall–Kier alpha value is -0.730. The first-order valence-corrected chi connectivity index (χ1v) is 8.56. The predicted octanol–water partition coefficient (Wildman–Crippen LogP) is 0.315. The second-order valence-corrected chi connectivity index (χ2v) is 6.32. The molecule has 146 valence electrons. The minimum absolute atomic E-state index is 0.0832. The maximum atomic E-state index is 10.0. The van der Waals surface area contributed by atoms with Crippen LogP contribution in [-0.2, 0) is 23.7 Å². The van der Waals surface area contributed by atoms with Gasteiger partial charge in [0.25, 0.3) is 0 Å². The number of carbonyl (C=O) groups excluding carboxylic acids is 1. The molecule has 0 aliphatic heterocycles. The summed E-state index contributed by atoms with van der Waals surface area (Å²) >= 11 is 0. The van der Waals surface area contributed by atoms with Crippen molar-refractivity contribution in [2.75, 3.05) is 81.0 Å². The summed E-state index contributed by atoms with van der Waals surface area (Å²) in [5.41, 5.74) is 0. The van der Waals surface area contributed by atoms with E-state index in [0.29, 0.717) is 39.6 Å². The van der Waals surface area contributed by atoms with Crippen LogP contribution in [0.15, 0.2) is 0 Å². The minimum Gasteiger partial charge on any atom is -0.550 e. The molecule has 0 aliphatic rings. The van der Waals surface area contributed by atoms with Gasteiger partial charge in [0.1, 0.15) is 0 Å². The lowest BCUT2D eigenvalue weighted by Crippen LogP contribution is -2.35. The molecule has 0 aromatic rings. The Bertz CT molecular complexity index is 268. The van der Waals surface area contributed by atoms with Gasteiger partial charge in [-0.25, -0.2) is 0 Å². The standard InChI is InChI=1S/C10H20O6.C7H18N/c1-13-4-5-15-8-9-16-7-6-14-3-2-10(11)12;1-5-6-7-8(2,3)4/h2-9H2,1H3,(H,11,12);5-7H2,1-4H3/q;+1/p-1. The molecule has 7 nitrogen and oxygen atoms in total. The molecule has 0 bridgehead atoms. The van der Waals surface area contributed by atoms with Gasteiger partial charge >= 0.3 is 0 Å². The van der Waals surface area contributed by atoms with Crippen molar-refractivity contribution in [1.82, 2.24) is 0 Å². The fourth-order valence-electron chi connectivity index (χ4n) is 1.47. The van der Waals surface area contributed by atoms with E-state index in [0.717, 1.165) is 4.48 Å². The van der Waals surface area contributed by atoms with Gasteiger partial charge in [-0.3, -0.25) is 0 Å². The molecule has 0 radical (unpaired) electrons. The molecule has 0 aromatic heterocycles. The largest absolute Gasteiger partial charge is 0.550 e. The topological polar surface area (TPSA) is 77.0 Å². The van der Waals surface area contributed by atoms with Gasteiger partial charge < -0.3 is 33.3 Å². The summed E-state index contributed by atoms with van der Waals surface area (Å²) in [5, 5.41) is 10.0. The molecular weight excluding hydrogens is 314 g/mol. The van der Waals surface area contributed by atoms with Crippen LogP contribution in [0.1, 0.15) is 26.2 Å². The van der Waals surface area contributed by atoms with E-state index in [2.05, 4.69) is 28.1 Å².